The molecule has 6 atom stereocenters. The van der Waals surface area contributed by atoms with Crippen LogP contribution < -0.4 is 16.0 Å². The summed E-state index contributed by atoms with van der Waals surface area (Å²) in [6.07, 6.45) is 7.40. The fraction of sp³-hybridized carbons (Fsp3) is 1.00. The number of hydrogen-bond donors (Lipinski definition) is 3. The molecule has 3 aliphatic heterocycles. The fourth-order valence-electron chi connectivity index (χ4n) is 5.47. The molecule has 3 rings (SSSR count). The van der Waals surface area contributed by atoms with Crippen LogP contribution in [0.2, 0.25) is 0 Å². The Morgan fingerprint density at radius 3 is 2.55 bits per heavy atom. The van der Waals surface area contributed by atoms with Gasteiger partial charge in [0.25, 0.3) is 0 Å². The van der Waals surface area contributed by atoms with E-state index >= 15 is 0 Å². The minimum Gasteiger partial charge on any atom is -0.316 e. The van der Waals surface area contributed by atoms with E-state index in [0.29, 0.717) is 12.2 Å². The van der Waals surface area contributed by atoms with Crippen molar-refractivity contribution in [2.45, 2.75) is 71.1 Å². The van der Waals surface area contributed by atoms with Gasteiger partial charge in [0.2, 0.25) is 0 Å². The van der Waals surface area contributed by atoms with Gasteiger partial charge in [-0.3, -0.25) is 10.6 Å². The van der Waals surface area contributed by atoms with Crippen LogP contribution in [0.5, 0.6) is 0 Å². The van der Waals surface area contributed by atoms with Gasteiger partial charge in [-0.1, -0.05) is 39.5 Å². The summed E-state index contributed by atoms with van der Waals surface area (Å²) in [5, 5.41) is 11.4. The molecule has 0 bridgehead atoms. The summed E-state index contributed by atoms with van der Waals surface area (Å²) in [6.45, 7) is 9.56. The van der Waals surface area contributed by atoms with Crippen LogP contribution in [-0.4, -0.2) is 31.3 Å². The molecule has 3 aliphatic rings. The quantitative estimate of drug-likeness (QED) is 0.723. The first-order valence-electron chi connectivity index (χ1n) is 8.99. The van der Waals surface area contributed by atoms with Crippen LogP contribution in [0.15, 0.2) is 0 Å². The van der Waals surface area contributed by atoms with Crippen molar-refractivity contribution in [2.24, 2.45) is 23.7 Å². The molecule has 3 saturated heterocycles. The Labute approximate surface area is 124 Å². The lowest BCUT2D eigenvalue weighted by atomic mass is 9.70. The summed E-state index contributed by atoms with van der Waals surface area (Å²) in [6, 6.07) is 1.45. The van der Waals surface area contributed by atoms with Crippen molar-refractivity contribution in [3.63, 3.8) is 0 Å². The maximum atomic E-state index is 3.90. The molecule has 0 aliphatic carbocycles. The monoisotopic (exact) mass is 279 g/mol. The lowest BCUT2D eigenvalue weighted by molar-refractivity contribution is 0.158. The second-order valence-electron chi connectivity index (χ2n) is 7.35. The maximum Gasteiger partial charge on any atom is 0.0612 e. The van der Waals surface area contributed by atoms with Crippen LogP contribution in [0.4, 0.5) is 0 Å². The highest BCUT2D eigenvalue weighted by Crippen LogP contribution is 2.46. The van der Waals surface area contributed by atoms with Gasteiger partial charge < -0.3 is 5.32 Å². The Hall–Kier alpha value is -0.120. The van der Waals surface area contributed by atoms with Crippen LogP contribution in [0.1, 0.15) is 52.9 Å². The molecular weight excluding hydrogens is 246 g/mol. The molecule has 0 amide bonds. The highest BCUT2D eigenvalue weighted by molar-refractivity contribution is 5.08. The molecule has 20 heavy (non-hydrogen) atoms. The van der Waals surface area contributed by atoms with Crippen LogP contribution in [-0.2, 0) is 0 Å². The van der Waals surface area contributed by atoms with Crippen LogP contribution in [0.25, 0.3) is 0 Å². The Kier molecular flexibility index (Phi) is 4.68. The molecule has 6 unspecified atom stereocenters. The summed E-state index contributed by atoms with van der Waals surface area (Å²) in [7, 11) is 0. The third-order valence-electron chi connectivity index (χ3n) is 6.13. The largest absolute Gasteiger partial charge is 0.316 e. The van der Waals surface area contributed by atoms with Gasteiger partial charge >= 0.3 is 0 Å². The van der Waals surface area contributed by atoms with E-state index < -0.39 is 0 Å². The van der Waals surface area contributed by atoms with Crippen molar-refractivity contribution < 1.29 is 0 Å². The SMILES string of the molecule is CCCC(CCC)C1C(C)NC2NC3CCNCC3C21. The van der Waals surface area contributed by atoms with E-state index in [0.717, 1.165) is 29.7 Å². The van der Waals surface area contributed by atoms with E-state index in [1.807, 2.05) is 0 Å². The Bertz CT molecular complexity index is 313. The van der Waals surface area contributed by atoms with Crippen molar-refractivity contribution in [2.75, 3.05) is 13.1 Å². The predicted molar refractivity (Wildman–Crippen MR) is 84.6 cm³/mol. The molecule has 116 valence electrons. The minimum atomic E-state index is 0.584. The zero-order valence-electron chi connectivity index (χ0n) is 13.5. The number of piperidine rings is 1. The summed E-state index contributed by atoms with van der Waals surface area (Å²) in [4.78, 5) is 0. The minimum absolute atomic E-state index is 0.584. The van der Waals surface area contributed by atoms with Gasteiger partial charge in [-0.15, -0.1) is 0 Å². The normalized spacial score (nSPS) is 43.8. The topological polar surface area (TPSA) is 36.1 Å². The second-order valence-corrected chi connectivity index (χ2v) is 7.35. The summed E-state index contributed by atoms with van der Waals surface area (Å²) >= 11 is 0. The molecule has 3 fully saturated rings. The van der Waals surface area contributed by atoms with Crippen LogP contribution in [0.3, 0.4) is 0 Å². The van der Waals surface area contributed by atoms with Crippen molar-refractivity contribution in [3.8, 4) is 0 Å². The number of fused-ring (bicyclic) bond motifs is 3. The average Bonchev–Trinajstić information content (AvgIpc) is 2.93. The molecule has 0 saturated carbocycles. The summed E-state index contributed by atoms with van der Waals surface area (Å²) in [5.74, 6) is 3.51. The zero-order valence-corrected chi connectivity index (χ0v) is 13.5. The van der Waals surface area contributed by atoms with Gasteiger partial charge in [-0.05, 0) is 50.1 Å². The van der Waals surface area contributed by atoms with Crippen molar-refractivity contribution in [1.29, 1.82) is 0 Å². The highest BCUT2D eigenvalue weighted by Gasteiger charge is 2.54. The Morgan fingerprint density at radius 2 is 1.85 bits per heavy atom. The van der Waals surface area contributed by atoms with Crippen LogP contribution in [0, 0.1) is 23.7 Å². The molecule has 3 nitrogen and oxygen atoms in total. The Morgan fingerprint density at radius 1 is 1.10 bits per heavy atom. The lowest BCUT2D eigenvalue weighted by Crippen LogP contribution is -2.47. The second kappa shape index (κ2) is 6.33. The van der Waals surface area contributed by atoms with E-state index in [-0.39, 0.29) is 0 Å². The first-order valence-corrected chi connectivity index (χ1v) is 8.99. The third-order valence-corrected chi connectivity index (χ3v) is 6.13. The number of hydrogen-bond acceptors (Lipinski definition) is 3. The standard InChI is InChI=1S/C17H33N3/c1-4-6-12(7-5-2)15-11(3)19-17-16(15)13-10-18-9-8-14(13)20-17/h11-20H,4-10H2,1-3H3. The first kappa shape index (κ1) is 14.8. The van der Waals surface area contributed by atoms with Crippen LogP contribution >= 0.6 is 0 Å². The summed E-state index contributed by atoms with van der Waals surface area (Å²) < 4.78 is 0. The van der Waals surface area contributed by atoms with Gasteiger partial charge in [-0.25, -0.2) is 0 Å². The number of rotatable bonds is 5. The first-order chi connectivity index (χ1) is 9.76. The Balaban J connectivity index is 1.77. The average molecular weight is 279 g/mol. The van der Waals surface area contributed by atoms with Gasteiger partial charge in [0, 0.05) is 12.1 Å². The molecule has 0 aromatic heterocycles. The van der Waals surface area contributed by atoms with E-state index in [2.05, 4.69) is 36.7 Å². The number of nitrogens with one attached hydrogen (secondary N) is 3. The van der Waals surface area contributed by atoms with E-state index in [1.54, 1.807) is 0 Å². The van der Waals surface area contributed by atoms with Gasteiger partial charge in [0.1, 0.15) is 0 Å². The molecule has 0 aromatic rings. The molecule has 0 aromatic carbocycles. The van der Waals surface area contributed by atoms with Crippen molar-refractivity contribution in [1.82, 2.24) is 16.0 Å². The molecule has 3 heterocycles. The fourth-order valence-corrected chi connectivity index (χ4v) is 5.47. The lowest BCUT2D eigenvalue weighted by Gasteiger charge is -2.36. The van der Waals surface area contributed by atoms with E-state index in [9.17, 15) is 0 Å². The van der Waals surface area contributed by atoms with Gasteiger partial charge in [0.05, 0.1) is 6.17 Å². The highest BCUT2D eigenvalue weighted by atomic mass is 15.2. The molecular formula is C17H33N3. The molecule has 0 radical (unpaired) electrons. The predicted octanol–water partition coefficient (Wildman–Crippen LogP) is 2.33. The summed E-state index contributed by atoms with van der Waals surface area (Å²) in [5.41, 5.74) is 0. The molecule has 0 spiro atoms. The van der Waals surface area contributed by atoms with E-state index in [4.69, 9.17) is 0 Å². The zero-order chi connectivity index (χ0) is 14.1. The third kappa shape index (κ3) is 2.53. The molecule has 3 N–H and O–H groups in total. The molecule has 3 heteroatoms. The smallest absolute Gasteiger partial charge is 0.0612 e. The maximum absolute atomic E-state index is 3.90. The van der Waals surface area contributed by atoms with Crippen molar-refractivity contribution >= 4 is 0 Å². The van der Waals surface area contributed by atoms with Gasteiger partial charge in [-0.2, -0.15) is 0 Å². The van der Waals surface area contributed by atoms with Crippen molar-refractivity contribution in [3.05, 3.63) is 0 Å². The van der Waals surface area contributed by atoms with E-state index in [1.165, 1.54) is 45.2 Å². The van der Waals surface area contributed by atoms with Gasteiger partial charge in [0.15, 0.2) is 0 Å².